The van der Waals surface area contributed by atoms with Gasteiger partial charge in [-0.2, -0.15) is 0 Å². The Hall–Kier alpha value is -1.89. The molecule has 0 unspecified atom stereocenters. The summed E-state index contributed by atoms with van der Waals surface area (Å²) in [6.45, 7) is 0.617. The number of nitrogens with one attached hydrogen (secondary N) is 1. The first-order valence-corrected chi connectivity index (χ1v) is 9.42. The van der Waals surface area contributed by atoms with E-state index >= 15 is 0 Å². The number of carbonyl (C=O) groups is 1. The molecule has 128 valence electrons. The van der Waals surface area contributed by atoms with Gasteiger partial charge in [-0.15, -0.1) is 5.10 Å². The minimum atomic E-state index is -0.0322. The van der Waals surface area contributed by atoms with Crippen LogP contribution in [-0.2, 0) is 11.8 Å². The lowest BCUT2D eigenvalue weighted by Gasteiger charge is -2.23. The topological polar surface area (TPSA) is 72.7 Å². The first-order chi connectivity index (χ1) is 11.8. The zero-order valence-electron chi connectivity index (χ0n) is 13.9. The Morgan fingerprint density at radius 3 is 2.75 bits per heavy atom. The highest BCUT2D eigenvalue weighted by Gasteiger charge is 2.31. The van der Waals surface area contributed by atoms with Gasteiger partial charge in [-0.05, 0) is 34.7 Å². The number of tetrazole rings is 1. The van der Waals surface area contributed by atoms with Gasteiger partial charge in [0.1, 0.15) is 0 Å². The first-order valence-electron chi connectivity index (χ1n) is 8.43. The highest BCUT2D eigenvalue weighted by molar-refractivity contribution is 7.99. The highest BCUT2D eigenvalue weighted by atomic mass is 32.2. The standard InChI is InChI=1S/C17H23N5OS/c1-22-17(19-20-21-22)24-12-11-18-16(23)15(14-9-5-6-10-14)13-7-3-2-4-8-13/h2-4,7-8,14-15H,5-6,9-12H2,1H3,(H,18,23)/t15-/m0/s1. The Labute approximate surface area is 146 Å². The molecule has 1 heterocycles. The number of nitrogens with zero attached hydrogens (tertiary/aromatic N) is 4. The molecule has 1 saturated carbocycles. The van der Waals surface area contributed by atoms with Crippen molar-refractivity contribution in [1.82, 2.24) is 25.5 Å². The summed E-state index contributed by atoms with van der Waals surface area (Å²) in [5.41, 5.74) is 1.13. The molecule has 1 aliphatic carbocycles. The summed E-state index contributed by atoms with van der Waals surface area (Å²) in [6, 6.07) is 10.2. The maximum atomic E-state index is 12.8. The average molecular weight is 345 g/mol. The molecule has 1 aromatic heterocycles. The van der Waals surface area contributed by atoms with Gasteiger partial charge in [-0.25, -0.2) is 4.68 Å². The van der Waals surface area contributed by atoms with E-state index in [-0.39, 0.29) is 11.8 Å². The van der Waals surface area contributed by atoms with Gasteiger partial charge in [0.15, 0.2) is 0 Å². The molecule has 0 aliphatic heterocycles. The van der Waals surface area contributed by atoms with E-state index in [4.69, 9.17) is 0 Å². The average Bonchev–Trinajstić information content (AvgIpc) is 3.25. The van der Waals surface area contributed by atoms with E-state index < -0.39 is 0 Å². The summed E-state index contributed by atoms with van der Waals surface area (Å²) in [5, 5.41) is 15.2. The molecule has 24 heavy (non-hydrogen) atoms. The van der Waals surface area contributed by atoms with Crippen LogP contribution in [0.2, 0.25) is 0 Å². The van der Waals surface area contributed by atoms with Crippen molar-refractivity contribution < 1.29 is 4.79 Å². The number of thioether (sulfide) groups is 1. The van der Waals surface area contributed by atoms with Crippen molar-refractivity contribution in [2.45, 2.75) is 36.8 Å². The molecular weight excluding hydrogens is 322 g/mol. The van der Waals surface area contributed by atoms with E-state index in [1.807, 2.05) is 25.2 Å². The Balaban J connectivity index is 1.56. The zero-order valence-corrected chi connectivity index (χ0v) is 14.7. The summed E-state index contributed by atoms with van der Waals surface area (Å²) in [7, 11) is 1.81. The van der Waals surface area contributed by atoms with Gasteiger partial charge >= 0.3 is 0 Å². The summed E-state index contributed by atoms with van der Waals surface area (Å²) in [5.74, 6) is 1.33. The molecule has 1 atom stereocenters. The third-order valence-electron chi connectivity index (χ3n) is 4.53. The molecule has 6 nitrogen and oxygen atoms in total. The second-order valence-corrected chi connectivity index (χ2v) is 7.22. The SMILES string of the molecule is Cn1nnnc1SCCNC(=O)[C@@H](c1ccccc1)C1CCCC1. The van der Waals surface area contributed by atoms with Crippen molar-refractivity contribution in [3.05, 3.63) is 35.9 Å². The Kier molecular flexibility index (Phi) is 5.85. The van der Waals surface area contributed by atoms with Crippen LogP contribution in [0.3, 0.4) is 0 Å². The van der Waals surface area contributed by atoms with Crippen molar-refractivity contribution in [1.29, 1.82) is 0 Å². The number of hydrogen-bond acceptors (Lipinski definition) is 5. The van der Waals surface area contributed by atoms with Crippen molar-refractivity contribution in [3.8, 4) is 0 Å². The van der Waals surface area contributed by atoms with Crippen LogP contribution < -0.4 is 5.32 Å². The summed E-state index contributed by atoms with van der Waals surface area (Å²) in [6.07, 6.45) is 4.76. The Morgan fingerprint density at radius 1 is 1.33 bits per heavy atom. The normalized spacial score (nSPS) is 16.2. The van der Waals surface area contributed by atoms with E-state index in [0.717, 1.165) is 29.3 Å². The third-order valence-corrected chi connectivity index (χ3v) is 5.54. The van der Waals surface area contributed by atoms with Crippen molar-refractivity contribution >= 4 is 17.7 Å². The predicted molar refractivity (Wildman–Crippen MR) is 93.7 cm³/mol. The van der Waals surface area contributed by atoms with Crippen LogP contribution in [0.5, 0.6) is 0 Å². The number of aryl methyl sites for hydroxylation is 1. The molecule has 0 radical (unpaired) electrons. The Morgan fingerprint density at radius 2 is 2.08 bits per heavy atom. The summed E-state index contributed by atoms with van der Waals surface area (Å²) in [4.78, 5) is 12.8. The maximum Gasteiger partial charge on any atom is 0.227 e. The molecule has 0 spiro atoms. The first kappa shape index (κ1) is 17.0. The number of aromatic nitrogens is 4. The van der Waals surface area contributed by atoms with Gasteiger partial charge in [0.2, 0.25) is 11.1 Å². The molecule has 0 saturated heterocycles. The number of amides is 1. The molecule has 3 rings (SSSR count). The van der Waals surface area contributed by atoms with E-state index in [1.54, 1.807) is 16.4 Å². The lowest BCUT2D eigenvalue weighted by Crippen LogP contribution is -2.34. The molecule has 1 aromatic carbocycles. The fourth-order valence-corrected chi connectivity index (χ4v) is 4.06. The van der Waals surface area contributed by atoms with E-state index in [9.17, 15) is 4.79 Å². The van der Waals surface area contributed by atoms with Gasteiger partial charge in [0, 0.05) is 19.3 Å². The maximum absolute atomic E-state index is 12.8. The minimum absolute atomic E-state index is 0.0322. The molecule has 1 fully saturated rings. The van der Waals surface area contributed by atoms with E-state index in [0.29, 0.717) is 12.5 Å². The van der Waals surface area contributed by atoms with Crippen LogP contribution in [-0.4, -0.2) is 38.4 Å². The molecular formula is C17H23N5OS. The van der Waals surface area contributed by atoms with Gasteiger partial charge in [-0.3, -0.25) is 4.79 Å². The van der Waals surface area contributed by atoms with Crippen molar-refractivity contribution in [2.24, 2.45) is 13.0 Å². The molecule has 0 bridgehead atoms. The molecule has 1 N–H and O–H groups in total. The zero-order chi connectivity index (χ0) is 16.8. The highest BCUT2D eigenvalue weighted by Crippen LogP contribution is 2.37. The van der Waals surface area contributed by atoms with Crippen molar-refractivity contribution in [2.75, 3.05) is 12.3 Å². The van der Waals surface area contributed by atoms with Gasteiger partial charge in [0.25, 0.3) is 0 Å². The third kappa shape index (κ3) is 4.14. The van der Waals surface area contributed by atoms with E-state index in [2.05, 4.69) is 33.0 Å². The minimum Gasteiger partial charge on any atom is -0.355 e. The molecule has 7 heteroatoms. The molecule has 1 amide bonds. The van der Waals surface area contributed by atoms with Gasteiger partial charge in [0.05, 0.1) is 5.92 Å². The van der Waals surface area contributed by atoms with Crippen LogP contribution in [0.1, 0.15) is 37.2 Å². The van der Waals surface area contributed by atoms with Gasteiger partial charge in [-0.1, -0.05) is 54.9 Å². The van der Waals surface area contributed by atoms with E-state index in [1.165, 1.54) is 12.8 Å². The number of rotatable bonds is 7. The smallest absolute Gasteiger partial charge is 0.227 e. The molecule has 1 aliphatic rings. The summed E-state index contributed by atoms with van der Waals surface area (Å²) >= 11 is 1.55. The van der Waals surface area contributed by atoms with Gasteiger partial charge < -0.3 is 5.32 Å². The lowest BCUT2D eigenvalue weighted by atomic mass is 9.84. The van der Waals surface area contributed by atoms with Crippen LogP contribution in [0.15, 0.2) is 35.5 Å². The number of hydrogen-bond donors (Lipinski definition) is 1. The van der Waals surface area contributed by atoms with Crippen molar-refractivity contribution in [3.63, 3.8) is 0 Å². The Bertz CT molecular complexity index is 654. The number of carbonyl (C=O) groups excluding carboxylic acids is 1. The quantitative estimate of drug-likeness (QED) is 0.616. The second kappa shape index (κ2) is 8.28. The van der Waals surface area contributed by atoms with Crippen LogP contribution in [0.4, 0.5) is 0 Å². The predicted octanol–water partition coefficient (Wildman–Crippen LogP) is 2.39. The van der Waals surface area contributed by atoms with Crippen LogP contribution in [0.25, 0.3) is 0 Å². The fraction of sp³-hybridized carbons (Fsp3) is 0.529. The lowest BCUT2D eigenvalue weighted by molar-refractivity contribution is -0.123. The summed E-state index contributed by atoms with van der Waals surface area (Å²) < 4.78 is 1.64. The fourth-order valence-electron chi connectivity index (χ4n) is 3.36. The number of benzene rings is 1. The second-order valence-electron chi connectivity index (χ2n) is 6.16. The molecule has 2 aromatic rings. The largest absolute Gasteiger partial charge is 0.355 e. The van der Waals surface area contributed by atoms with Crippen LogP contribution in [0, 0.1) is 5.92 Å². The van der Waals surface area contributed by atoms with Crippen LogP contribution >= 0.6 is 11.8 Å². The monoisotopic (exact) mass is 345 g/mol.